The highest BCUT2D eigenvalue weighted by Gasteiger charge is 2.38. The van der Waals surface area contributed by atoms with Gasteiger partial charge in [0, 0.05) is 6.42 Å². The maximum atomic E-state index is 11.7. The third-order valence-electron chi connectivity index (χ3n) is 2.17. The van der Waals surface area contributed by atoms with Gasteiger partial charge in [0.25, 0.3) is 0 Å². The maximum absolute atomic E-state index is 11.7. The van der Waals surface area contributed by atoms with E-state index in [0.29, 0.717) is 16.6 Å². The summed E-state index contributed by atoms with van der Waals surface area (Å²) >= 11 is 4.92. The van der Waals surface area contributed by atoms with Crippen LogP contribution in [0.25, 0.3) is 0 Å². The highest BCUT2D eigenvalue weighted by atomic mass is 32.2. The second-order valence-corrected chi connectivity index (χ2v) is 4.92. The summed E-state index contributed by atoms with van der Waals surface area (Å²) in [5.41, 5.74) is 0. The highest BCUT2D eigenvalue weighted by Crippen LogP contribution is 2.30. The Morgan fingerprint density at radius 1 is 1.61 bits per heavy atom. The first kappa shape index (κ1) is 13.0. The quantitative estimate of drug-likeness (QED) is 0.814. The molecule has 1 aromatic heterocycles. The molecule has 1 unspecified atom stereocenters. The Hall–Kier alpha value is -1.41. The molecular formula is C10H10N2O4S2. The molecule has 0 saturated carbocycles. The molecule has 0 aliphatic carbocycles. The minimum absolute atomic E-state index is 0.141. The zero-order chi connectivity index (χ0) is 13.1. The van der Waals surface area contributed by atoms with Crippen LogP contribution < -0.4 is 0 Å². The molecule has 8 heteroatoms. The summed E-state index contributed by atoms with van der Waals surface area (Å²) < 4.78 is 5.14. The average molecular weight is 286 g/mol. The van der Waals surface area contributed by atoms with Gasteiger partial charge in [0.1, 0.15) is 0 Å². The molecule has 0 aromatic carbocycles. The second-order valence-electron chi connectivity index (χ2n) is 3.40. The lowest BCUT2D eigenvalue weighted by atomic mass is 10.4. The van der Waals surface area contributed by atoms with Gasteiger partial charge in [0.05, 0.1) is 6.26 Å². The molecule has 1 atom stereocenters. The predicted molar refractivity (Wildman–Crippen MR) is 69.6 cm³/mol. The predicted octanol–water partition coefficient (Wildman–Crippen LogP) is 1.25. The lowest BCUT2D eigenvalue weighted by molar-refractivity contribution is -0.145. The topological polar surface area (TPSA) is 83.1 Å². The largest absolute Gasteiger partial charge is 0.479 e. The highest BCUT2D eigenvalue weighted by molar-refractivity contribution is 8.15. The van der Waals surface area contributed by atoms with Gasteiger partial charge in [0.2, 0.25) is 11.3 Å². The minimum Gasteiger partial charge on any atom is -0.479 e. The molecule has 0 radical (unpaired) electrons. The van der Waals surface area contributed by atoms with Crippen LogP contribution in [0.2, 0.25) is 0 Å². The van der Waals surface area contributed by atoms with Crippen molar-refractivity contribution in [3.63, 3.8) is 0 Å². The molecule has 6 nitrogen and oxygen atoms in total. The van der Waals surface area contributed by atoms with Crippen LogP contribution in [-0.4, -0.2) is 38.2 Å². The van der Waals surface area contributed by atoms with Crippen LogP contribution in [0.4, 0.5) is 0 Å². The van der Waals surface area contributed by atoms with E-state index in [2.05, 4.69) is 17.7 Å². The smallest absolute Gasteiger partial charge is 0.339 e. The van der Waals surface area contributed by atoms with Crippen LogP contribution in [-0.2, 0) is 9.59 Å². The van der Waals surface area contributed by atoms with Gasteiger partial charge in [-0.2, -0.15) is 17.7 Å². The molecule has 0 bridgehead atoms. The van der Waals surface area contributed by atoms with Gasteiger partial charge in [-0.3, -0.25) is 4.79 Å². The number of aliphatic carboxylic acids is 1. The molecule has 1 aromatic rings. The van der Waals surface area contributed by atoms with Crippen molar-refractivity contribution in [2.24, 2.45) is 5.10 Å². The molecule has 18 heavy (non-hydrogen) atoms. The van der Waals surface area contributed by atoms with Crippen LogP contribution in [0.5, 0.6) is 0 Å². The molecule has 2 rings (SSSR count). The summed E-state index contributed by atoms with van der Waals surface area (Å²) in [6.45, 7) is 0. The van der Waals surface area contributed by atoms with Crippen molar-refractivity contribution in [2.75, 3.05) is 5.75 Å². The van der Waals surface area contributed by atoms with E-state index < -0.39 is 11.3 Å². The fourth-order valence-electron chi connectivity index (χ4n) is 1.39. The Morgan fingerprint density at radius 3 is 2.94 bits per heavy atom. The number of carbonyl (C=O) groups is 2. The first-order chi connectivity index (χ1) is 8.63. The fourth-order valence-corrected chi connectivity index (χ4v) is 2.52. The van der Waals surface area contributed by atoms with Crippen LogP contribution in [0.3, 0.4) is 0 Å². The zero-order valence-corrected chi connectivity index (χ0v) is 10.9. The number of rotatable bonds is 4. The van der Waals surface area contributed by atoms with Gasteiger partial charge in [-0.15, -0.1) is 0 Å². The lowest BCUT2D eigenvalue weighted by Gasteiger charge is -2.16. The van der Waals surface area contributed by atoms with E-state index in [4.69, 9.17) is 9.52 Å². The third kappa shape index (κ3) is 2.54. The van der Waals surface area contributed by atoms with Gasteiger partial charge in [-0.1, -0.05) is 11.8 Å². The van der Waals surface area contributed by atoms with Crippen LogP contribution in [0.15, 0.2) is 27.9 Å². The Labute approximate surface area is 112 Å². The zero-order valence-electron chi connectivity index (χ0n) is 9.15. The molecule has 1 N–H and O–H groups in total. The number of thiol groups is 1. The van der Waals surface area contributed by atoms with E-state index in [-0.39, 0.29) is 12.3 Å². The Kier molecular flexibility index (Phi) is 3.97. The van der Waals surface area contributed by atoms with Crippen LogP contribution >= 0.6 is 24.4 Å². The van der Waals surface area contributed by atoms with Crippen molar-refractivity contribution in [3.05, 3.63) is 24.2 Å². The number of thioether (sulfide) groups is 1. The first-order valence-electron chi connectivity index (χ1n) is 5.08. The number of hydrogen-bond donors (Lipinski definition) is 2. The number of carboxylic acids is 1. The summed E-state index contributed by atoms with van der Waals surface area (Å²) in [5, 5.41) is 13.4. The number of furan rings is 1. The van der Waals surface area contributed by atoms with Gasteiger partial charge >= 0.3 is 5.97 Å². The molecule has 0 saturated heterocycles. The van der Waals surface area contributed by atoms with E-state index in [0.717, 1.165) is 16.8 Å². The molecule has 0 fully saturated rings. The fraction of sp³-hybridized carbons (Fsp3) is 0.300. The van der Waals surface area contributed by atoms with Crippen LogP contribution in [0.1, 0.15) is 12.2 Å². The Balaban J connectivity index is 2.23. The van der Waals surface area contributed by atoms with Gasteiger partial charge < -0.3 is 9.52 Å². The normalized spacial score (nSPS) is 18.8. The van der Waals surface area contributed by atoms with Crippen molar-refractivity contribution in [2.45, 2.75) is 11.8 Å². The SMILES string of the molecule is O=C(O)C1SC(c2ccco2)=NN1C(=O)CCS. The number of hydrazone groups is 1. The molecule has 1 amide bonds. The van der Waals surface area contributed by atoms with E-state index in [9.17, 15) is 9.59 Å². The van der Waals surface area contributed by atoms with Gasteiger partial charge in [-0.25, -0.2) is 9.80 Å². The first-order valence-corrected chi connectivity index (χ1v) is 6.59. The molecule has 96 valence electrons. The van der Waals surface area contributed by atoms with Gasteiger partial charge in [-0.05, 0) is 17.9 Å². The average Bonchev–Trinajstić information content (AvgIpc) is 2.98. The van der Waals surface area contributed by atoms with Gasteiger partial charge in [0.15, 0.2) is 10.8 Å². The summed E-state index contributed by atoms with van der Waals surface area (Å²) in [5.74, 6) is -0.686. The number of carboxylic acid groups (broad SMARTS) is 1. The maximum Gasteiger partial charge on any atom is 0.339 e. The number of hydrogen-bond acceptors (Lipinski definition) is 6. The van der Waals surface area contributed by atoms with E-state index in [1.807, 2.05) is 0 Å². The summed E-state index contributed by atoms with van der Waals surface area (Å²) in [6.07, 6.45) is 1.61. The monoisotopic (exact) mass is 286 g/mol. The number of nitrogens with zero attached hydrogens (tertiary/aromatic N) is 2. The summed E-state index contributed by atoms with van der Waals surface area (Å²) in [7, 11) is 0. The van der Waals surface area contributed by atoms with E-state index in [1.165, 1.54) is 6.26 Å². The van der Waals surface area contributed by atoms with Crippen molar-refractivity contribution < 1.29 is 19.1 Å². The van der Waals surface area contributed by atoms with Crippen molar-refractivity contribution in [1.29, 1.82) is 0 Å². The van der Waals surface area contributed by atoms with Crippen molar-refractivity contribution >= 4 is 41.3 Å². The molecule has 1 aliphatic heterocycles. The number of carbonyl (C=O) groups excluding carboxylic acids is 1. The standard InChI is InChI=1S/C10H10N2O4S2/c13-7(3-5-17)12-9(10(14)15)18-8(11-12)6-2-1-4-16-6/h1-2,4,9,17H,3,5H2,(H,14,15). The molecular weight excluding hydrogens is 276 g/mol. The minimum atomic E-state index is -1.11. The number of amides is 1. The molecule has 2 heterocycles. The molecule has 1 aliphatic rings. The van der Waals surface area contributed by atoms with Crippen molar-refractivity contribution in [3.8, 4) is 0 Å². The van der Waals surface area contributed by atoms with E-state index in [1.54, 1.807) is 12.1 Å². The Morgan fingerprint density at radius 2 is 2.39 bits per heavy atom. The van der Waals surface area contributed by atoms with Crippen LogP contribution in [0, 0.1) is 0 Å². The lowest BCUT2D eigenvalue weighted by Crippen LogP contribution is -2.36. The second kappa shape index (κ2) is 5.49. The Bertz CT molecular complexity index is 486. The summed E-state index contributed by atoms with van der Waals surface area (Å²) in [4.78, 5) is 22.8. The van der Waals surface area contributed by atoms with Crippen molar-refractivity contribution in [1.82, 2.24) is 5.01 Å². The third-order valence-corrected chi connectivity index (χ3v) is 3.52. The van der Waals surface area contributed by atoms with E-state index >= 15 is 0 Å². The summed E-state index contributed by atoms with van der Waals surface area (Å²) in [6, 6.07) is 3.34. The molecule has 0 spiro atoms.